The first kappa shape index (κ1) is 19.2. The average Bonchev–Trinajstić information content (AvgIpc) is 2.66. The van der Waals surface area contributed by atoms with Crippen LogP contribution in [0.5, 0.6) is 0 Å². The summed E-state index contributed by atoms with van der Waals surface area (Å²) in [7, 11) is 0. The zero-order valence-electron chi connectivity index (χ0n) is 14.3. The van der Waals surface area contributed by atoms with Crippen molar-refractivity contribution < 1.29 is 29.3 Å². The van der Waals surface area contributed by atoms with E-state index in [2.05, 4.69) is 0 Å². The third kappa shape index (κ3) is 5.17. The number of ether oxygens (including phenoxy) is 2. The minimum atomic E-state index is -1.69. The van der Waals surface area contributed by atoms with E-state index in [1.807, 2.05) is 30.3 Å². The molecule has 0 saturated carbocycles. The molecule has 0 aliphatic carbocycles. The maximum absolute atomic E-state index is 12.4. The van der Waals surface area contributed by atoms with Gasteiger partial charge in [-0.3, -0.25) is 0 Å². The number of carbonyl (C=O) groups is 2. The fourth-order valence-electron chi connectivity index (χ4n) is 2.92. The van der Waals surface area contributed by atoms with Crippen LogP contribution in [0.25, 0.3) is 0 Å². The van der Waals surface area contributed by atoms with Crippen molar-refractivity contribution in [3.05, 3.63) is 35.9 Å². The molecule has 0 aromatic heterocycles. The fraction of sp³-hybridized carbons (Fsp3) is 0.556. The summed E-state index contributed by atoms with van der Waals surface area (Å²) in [6, 6.07) is 8.59. The Hall–Kier alpha value is -2.12. The van der Waals surface area contributed by atoms with Crippen molar-refractivity contribution >= 4 is 12.1 Å². The Morgan fingerprint density at radius 2 is 1.92 bits per heavy atom. The van der Waals surface area contributed by atoms with Crippen LogP contribution in [-0.2, 0) is 20.9 Å². The molecule has 25 heavy (non-hydrogen) atoms. The van der Waals surface area contributed by atoms with Crippen LogP contribution >= 0.6 is 0 Å². The second-order valence-corrected chi connectivity index (χ2v) is 5.98. The van der Waals surface area contributed by atoms with E-state index in [9.17, 15) is 19.8 Å². The summed E-state index contributed by atoms with van der Waals surface area (Å²) in [5, 5.41) is 20.3. The lowest BCUT2D eigenvalue weighted by atomic mass is 9.94. The Morgan fingerprint density at radius 1 is 1.20 bits per heavy atom. The highest BCUT2D eigenvalue weighted by Crippen LogP contribution is 2.23. The van der Waals surface area contributed by atoms with Crippen molar-refractivity contribution in [2.45, 2.75) is 51.0 Å². The first-order valence-corrected chi connectivity index (χ1v) is 8.54. The van der Waals surface area contributed by atoms with E-state index in [0.717, 1.165) is 18.4 Å². The minimum absolute atomic E-state index is 0.107. The van der Waals surface area contributed by atoms with Crippen molar-refractivity contribution in [2.75, 3.05) is 13.2 Å². The number of aliphatic hydroxyl groups is 2. The number of amides is 1. The highest BCUT2D eigenvalue weighted by Gasteiger charge is 2.39. The minimum Gasteiger partial charge on any atom is -0.464 e. The molecule has 0 bridgehead atoms. The molecule has 0 radical (unpaired) electrons. The van der Waals surface area contributed by atoms with E-state index in [1.54, 1.807) is 6.92 Å². The quantitative estimate of drug-likeness (QED) is 0.754. The van der Waals surface area contributed by atoms with Gasteiger partial charge < -0.3 is 24.6 Å². The van der Waals surface area contributed by atoms with Gasteiger partial charge in [-0.2, -0.15) is 0 Å². The maximum Gasteiger partial charge on any atom is 0.410 e. The molecule has 138 valence electrons. The van der Waals surface area contributed by atoms with Gasteiger partial charge in [-0.25, -0.2) is 9.59 Å². The molecule has 2 N–H and O–H groups in total. The van der Waals surface area contributed by atoms with E-state index < -0.39 is 30.3 Å². The number of piperidine rings is 1. The van der Waals surface area contributed by atoms with Crippen molar-refractivity contribution in [2.24, 2.45) is 0 Å². The molecule has 1 amide bonds. The molecule has 1 saturated heterocycles. The van der Waals surface area contributed by atoms with Crippen molar-refractivity contribution in [1.29, 1.82) is 0 Å². The van der Waals surface area contributed by atoms with Crippen LogP contribution in [0, 0.1) is 0 Å². The summed E-state index contributed by atoms with van der Waals surface area (Å²) in [6.07, 6.45) is -1.61. The van der Waals surface area contributed by atoms with Crippen LogP contribution in [0.2, 0.25) is 0 Å². The molecular weight excluding hydrogens is 326 g/mol. The van der Waals surface area contributed by atoms with Crippen molar-refractivity contribution in [1.82, 2.24) is 4.90 Å². The fourth-order valence-corrected chi connectivity index (χ4v) is 2.92. The zero-order valence-corrected chi connectivity index (χ0v) is 14.3. The van der Waals surface area contributed by atoms with Crippen molar-refractivity contribution in [3.63, 3.8) is 0 Å². The van der Waals surface area contributed by atoms with E-state index in [0.29, 0.717) is 13.0 Å². The molecule has 0 spiro atoms. The van der Waals surface area contributed by atoms with Crippen LogP contribution in [0.15, 0.2) is 30.3 Å². The predicted molar refractivity (Wildman–Crippen MR) is 89.6 cm³/mol. The lowest BCUT2D eigenvalue weighted by Gasteiger charge is -2.38. The average molecular weight is 351 g/mol. The molecule has 3 atom stereocenters. The number of aliphatic hydroxyl groups excluding tert-OH is 2. The van der Waals surface area contributed by atoms with Crippen LogP contribution < -0.4 is 0 Å². The Balaban J connectivity index is 1.98. The van der Waals surface area contributed by atoms with Gasteiger partial charge in [0.2, 0.25) is 0 Å². The molecular formula is C18H25NO6. The van der Waals surface area contributed by atoms with Gasteiger partial charge in [-0.15, -0.1) is 0 Å². The second kappa shape index (κ2) is 9.39. The van der Waals surface area contributed by atoms with Crippen LogP contribution in [0.4, 0.5) is 4.79 Å². The third-order valence-corrected chi connectivity index (χ3v) is 4.23. The lowest BCUT2D eigenvalue weighted by Crippen LogP contribution is -2.55. The normalized spacial score (nSPS) is 19.8. The molecule has 1 aliphatic rings. The second-order valence-electron chi connectivity index (χ2n) is 5.98. The monoisotopic (exact) mass is 351 g/mol. The molecule has 7 nitrogen and oxygen atoms in total. The Labute approximate surface area is 147 Å². The number of hydrogen-bond donors (Lipinski definition) is 2. The Morgan fingerprint density at radius 3 is 2.60 bits per heavy atom. The van der Waals surface area contributed by atoms with Crippen LogP contribution in [0.3, 0.4) is 0 Å². The first-order chi connectivity index (χ1) is 12.0. The molecule has 0 unspecified atom stereocenters. The van der Waals surface area contributed by atoms with Gasteiger partial charge in [0.25, 0.3) is 0 Å². The van der Waals surface area contributed by atoms with E-state index in [4.69, 9.17) is 9.47 Å². The number of benzene rings is 1. The Bertz CT molecular complexity index is 564. The van der Waals surface area contributed by atoms with E-state index in [-0.39, 0.29) is 13.2 Å². The highest BCUT2D eigenvalue weighted by molar-refractivity contribution is 5.75. The summed E-state index contributed by atoms with van der Waals surface area (Å²) in [6.45, 7) is 2.26. The van der Waals surface area contributed by atoms with Gasteiger partial charge in [0.1, 0.15) is 12.7 Å². The van der Waals surface area contributed by atoms with Gasteiger partial charge in [-0.05, 0) is 31.7 Å². The van der Waals surface area contributed by atoms with Gasteiger partial charge in [0, 0.05) is 6.54 Å². The third-order valence-electron chi connectivity index (χ3n) is 4.23. The summed E-state index contributed by atoms with van der Waals surface area (Å²) >= 11 is 0. The molecule has 7 heteroatoms. The lowest BCUT2D eigenvalue weighted by molar-refractivity contribution is -0.162. The number of rotatable bonds is 6. The first-order valence-electron chi connectivity index (χ1n) is 8.54. The molecule has 1 aromatic rings. The zero-order chi connectivity index (χ0) is 18.2. The molecule has 1 aromatic carbocycles. The summed E-state index contributed by atoms with van der Waals surface area (Å²) < 4.78 is 10.0. The topological polar surface area (TPSA) is 96.3 Å². The maximum atomic E-state index is 12.4. The molecule has 1 aliphatic heterocycles. The molecule has 2 rings (SSSR count). The summed E-state index contributed by atoms with van der Waals surface area (Å²) in [4.78, 5) is 25.4. The number of esters is 1. The predicted octanol–water partition coefficient (Wildman–Crippen LogP) is 1.46. The standard InChI is InChI=1S/C18H25NO6/c1-2-24-17(22)16(21)15(20)14-10-6-7-11-19(14)18(23)25-12-13-8-4-3-5-9-13/h3-5,8-9,14-16,20-21H,2,6-7,10-12H2,1H3/t14-,15-,16+/m1/s1. The summed E-state index contributed by atoms with van der Waals surface area (Å²) in [5.41, 5.74) is 0.858. The van der Waals surface area contributed by atoms with Gasteiger partial charge in [0.05, 0.1) is 12.6 Å². The number of carbonyl (C=O) groups excluding carboxylic acids is 2. The highest BCUT2D eigenvalue weighted by atomic mass is 16.6. The van der Waals surface area contributed by atoms with Gasteiger partial charge >= 0.3 is 12.1 Å². The summed E-state index contributed by atoms with van der Waals surface area (Å²) in [5.74, 6) is -0.891. The van der Waals surface area contributed by atoms with E-state index in [1.165, 1.54) is 4.90 Å². The Kier molecular flexibility index (Phi) is 7.21. The van der Waals surface area contributed by atoms with Crippen LogP contribution in [-0.4, -0.2) is 58.6 Å². The number of likely N-dealkylation sites (tertiary alicyclic amines) is 1. The number of nitrogens with zero attached hydrogens (tertiary/aromatic N) is 1. The SMILES string of the molecule is CCOC(=O)[C@@H](O)[C@H](O)[C@H]1CCCCN1C(=O)OCc1ccccc1. The molecule has 1 heterocycles. The van der Waals surface area contributed by atoms with Crippen molar-refractivity contribution in [3.8, 4) is 0 Å². The van der Waals surface area contributed by atoms with Crippen LogP contribution in [0.1, 0.15) is 31.7 Å². The smallest absolute Gasteiger partial charge is 0.410 e. The van der Waals surface area contributed by atoms with Gasteiger partial charge in [0.15, 0.2) is 6.10 Å². The molecule has 1 fully saturated rings. The van der Waals surface area contributed by atoms with Gasteiger partial charge in [-0.1, -0.05) is 30.3 Å². The number of hydrogen-bond acceptors (Lipinski definition) is 6. The largest absolute Gasteiger partial charge is 0.464 e. The van der Waals surface area contributed by atoms with E-state index >= 15 is 0 Å².